The maximum absolute atomic E-state index is 12.1. The molecule has 106 valence electrons. The first-order valence-electron chi connectivity index (χ1n) is 7.27. The van der Waals surface area contributed by atoms with E-state index in [1.807, 2.05) is 4.90 Å². The number of likely N-dealkylation sites (tertiary alicyclic amines) is 1. The summed E-state index contributed by atoms with van der Waals surface area (Å²) in [5.41, 5.74) is 3.42. The molecule has 2 aliphatic heterocycles. The van der Waals surface area contributed by atoms with Crippen molar-refractivity contribution >= 4 is 17.5 Å². The first-order valence-corrected chi connectivity index (χ1v) is 7.27. The largest absolute Gasteiger partial charge is 0.343 e. The van der Waals surface area contributed by atoms with Crippen LogP contribution in [0.15, 0.2) is 5.10 Å². The number of nitrogens with zero attached hydrogens (tertiary/aromatic N) is 2. The second-order valence-electron chi connectivity index (χ2n) is 5.63. The molecule has 5 heteroatoms. The topological polar surface area (TPSA) is 61.8 Å². The highest BCUT2D eigenvalue weighted by Crippen LogP contribution is 2.17. The highest BCUT2D eigenvalue weighted by atomic mass is 16.2. The van der Waals surface area contributed by atoms with Crippen LogP contribution in [-0.4, -0.2) is 35.5 Å². The third kappa shape index (κ3) is 4.33. The molecule has 2 amide bonds. The second kappa shape index (κ2) is 6.68. The summed E-state index contributed by atoms with van der Waals surface area (Å²) in [6.45, 7) is 4.04. The maximum atomic E-state index is 12.1. The quantitative estimate of drug-likeness (QED) is 0.844. The zero-order valence-corrected chi connectivity index (χ0v) is 11.7. The normalized spacial score (nSPS) is 24.5. The highest BCUT2D eigenvalue weighted by molar-refractivity contribution is 5.94. The first-order chi connectivity index (χ1) is 9.15. The van der Waals surface area contributed by atoms with E-state index in [4.69, 9.17) is 0 Å². The lowest BCUT2D eigenvalue weighted by Crippen LogP contribution is -2.32. The van der Waals surface area contributed by atoms with Crippen LogP contribution in [0.4, 0.5) is 0 Å². The molecule has 5 nitrogen and oxygen atoms in total. The van der Waals surface area contributed by atoms with Gasteiger partial charge in [0.25, 0.3) is 0 Å². The van der Waals surface area contributed by atoms with Crippen molar-refractivity contribution in [3.63, 3.8) is 0 Å². The van der Waals surface area contributed by atoms with Crippen molar-refractivity contribution in [3.8, 4) is 0 Å². The highest BCUT2D eigenvalue weighted by Gasteiger charge is 2.19. The molecule has 0 unspecified atom stereocenters. The van der Waals surface area contributed by atoms with Crippen molar-refractivity contribution in [2.24, 2.45) is 11.0 Å². The molecule has 0 spiro atoms. The van der Waals surface area contributed by atoms with E-state index >= 15 is 0 Å². The molecule has 1 saturated heterocycles. The molecule has 0 saturated carbocycles. The third-order valence-corrected chi connectivity index (χ3v) is 3.98. The molecular weight excluding hydrogens is 242 g/mol. The van der Waals surface area contributed by atoms with Gasteiger partial charge in [-0.3, -0.25) is 9.59 Å². The zero-order valence-electron chi connectivity index (χ0n) is 11.7. The monoisotopic (exact) mass is 265 g/mol. The number of rotatable bonds is 3. The predicted octanol–water partition coefficient (Wildman–Crippen LogP) is 1.68. The van der Waals surface area contributed by atoms with Crippen LogP contribution in [0, 0.1) is 5.92 Å². The lowest BCUT2D eigenvalue weighted by Gasteiger charge is -2.21. The number of hydrogen-bond donors (Lipinski definition) is 1. The van der Waals surface area contributed by atoms with Gasteiger partial charge in [0, 0.05) is 31.6 Å². The van der Waals surface area contributed by atoms with Crippen molar-refractivity contribution in [3.05, 3.63) is 0 Å². The fraction of sp³-hybridized carbons (Fsp3) is 0.786. The minimum Gasteiger partial charge on any atom is -0.343 e. The molecule has 0 aliphatic carbocycles. The number of carbonyl (C=O) groups is 2. The fourth-order valence-corrected chi connectivity index (χ4v) is 2.61. The van der Waals surface area contributed by atoms with E-state index in [-0.39, 0.29) is 11.8 Å². The van der Waals surface area contributed by atoms with E-state index in [0.717, 1.165) is 37.6 Å². The number of amides is 2. The van der Waals surface area contributed by atoms with Gasteiger partial charge in [-0.1, -0.05) is 6.92 Å². The molecule has 2 heterocycles. The van der Waals surface area contributed by atoms with Gasteiger partial charge in [0.05, 0.1) is 0 Å². The van der Waals surface area contributed by atoms with Crippen molar-refractivity contribution in [1.29, 1.82) is 0 Å². The van der Waals surface area contributed by atoms with Crippen LogP contribution in [0.1, 0.15) is 51.9 Å². The Morgan fingerprint density at radius 1 is 1.37 bits per heavy atom. The minimum absolute atomic E-state index is 0.0309. The zero-order chi connectivity index (χ0) is 13.7. The smallest absolute Gasteiger partial charge is 0.240 e. The van der Waals surface area contributed by atoms with Crippen molar-refractivity contribution in [2.45, 2.75) is 51.9 Å². The van der Waals surface area contributed by atoms with Crippen LogP contribution < -0.4 is 5.43 Å². The average Bonchev–Trinajstić information content (AvgIpc) is 2.63. The number of hydrazone groups is 1. The van der Waals surface area contributed by atoms with Crippen molar-refractivity contribution < 1.29 is 9.59 Å². The molecule has 0 aromatic rings. The minimum atomic E-state index is -0.0309. The van der Waals surface area contributed by atoms with E-state index in [1.165, 1.54) is 6.42 Å². The average molecular weight is 265 g/mol. The van der Waals surface area contributed by atoms with Gasteiger partial charge in [-0.05, 0) is 38.0 Å². The molecule has 1 N–H and O–H groups in total. The van der Waals surface area contributed by atoms with Gasteiger partial charge >= 0.3 is 0 Å². The van der Waals surface area contributed by atoms with Crippen molar-refractivity contribution in [1.82, 2.24) is 10.3 Å². The van der Waals surface area contributed by atoms with Gasteiger partial charge < -0.3 is 4.90 Å². The summed E-state index contributed by atoms with van der Waals surface area (Å²) in [5.74, 6) is 0.931. The third-order valence-electron chi connectivity index (χ3n) is 3.98. The van der Waals surface area contributed by atoms with Gasteiger partial charge in [-0.2, -0.15) is 5.10 Å². The molecular formula is C14H23N3O2. The molecule has 1 atom stereocenters. The van der Waals surface area contributed by atoms with Gasteiger partial charge in [-0.15, -0.1) is 0 Å². The van der Waals surface area contributed by atoms with Crippen LogP contribution in [0.2, 0.25) is 0 Å². The summed E-state index contributed by atoms with van der Waals surface area (Å²) in [5, 5.41) is 4.00. The Labute approximate surface area is 114 Å². The van der Waals surface area contributed by atoms with Gasteiger partial charge in [-0.25, -0.2) is 5.43 Å². The standard InChI is InChI=1S/C14H23N3O2/c1-11-3-2-9-17(10-8-11)14(19)7-5-12-4-6-13(18)16-15-12/h11H,2-10H2,1H3,(H,16,18)/t11-/m0/s1. The number of carbonyl (C=O) groups excluding carboxylic acids is 2. The molecule has 2 rings (SSSR count). The Bertz CT molecular complexity index is 379. The summed E-state index contributed by atoms with van der Waals surface area (Å²) in [6, 6.07) is 0. The SMILES string of the molecule is C[C@H]1CCCN(C(=O)CCC2=NNC(=O)CC2)CC1. The lowest BCUT2D eigenvalue weighted by molar-refractivity contribution is -0.131. The summed E-state index contributed by atoms with van der Waals surface area (Å²) in [6.07, 6.45) is 5.83. The summed E-state index contributed by atoms with van der Waals surface area (Å²) < 4.78 is 0. The Morgan fingerprint density at radius 3 is 2.95 bits per heavy atom. The van der Waals surface area contributed by atoms with Crippen LogP contribution >= 0.6 is 0 Å². The summed E-state index contributed by atoms with van der Waals surface area (Å²) in [7, 11) is 0. The second-order valence-corrected chi connectivity index (χ2v) is 5.63. The Kier molecular flexibility index (Phi) is 4.93. The Balaban J connectivity index is 1.76. The Morgan fingerprint density at radius 2 is 2.21 bits per heavy atom. The molecule has 0 aromatic carbocycles. The predicted molar refractivity (Wildman–Crippen MR) is 73.6 cm³/mol. The molecule has 0 bridgehead atoms. The van der Waals surface area contributed by atoms with Gasteiger partial charge in [0.1, 0.15) is 0 Å². The fourth-order valence-electron chi connectivity index (χ4n) is 2.61. The van der Waals surface area contributed by atoms with Crippen LogP contribution in [0.5, 0.6) is 0 Å². The van der Waals surface area contributed by atoms with Crippen molar-refractivity contribution in [2.75, 3.05) is 13.1 Å². The summed E-state index contributed by atoms with van der Waals surface area (Å²) >= 11 is 0. The van der Waals surface area contributed by atoms with Crippen LogP contribution in [0.25, 0.3) is 0 Å². The maximum Gasteiger partial charge on any atom is 0.240 e. The van der Waals surface area contributed by atoms with E-state index in [2.05, 4.69) is 17.5 Å². The molecule has 1 fully saturated rings. The molecule has 0 radical (unpaired) electrons. The van der Waals surface area contributed by atoms with Crippen LogP contribution in [-0.2, 0) is 9.59 Å². The van der Waals surface area contributed by atoms with Gasteiger partial charge in [0.2, 0.25) is 11.8 Å². The van der Waals surface area contributed by atoms with Gasteiger partial charge in [0.15, 0.2) is 0 Å². The van der Waals surface area contributed by atoms with E-state index in [0.29, 0.717) is 25.7 Å². The van der Waals surface area contributed by atoms with E-state index in [9.17, 15) is 9.59 Å². The lowest BCUT2D eigenvalue weighted by atomic mass is 10.0. The number of nitrogens with one attached hydrogen (secondary N) is 1. The summed E-state index contributed by atoms with van der Waals surface area (Å²) in [4.78, 5) is 25.1. The van der Waals surface area contributed by atoms with E-state index in [1.54, 1.807) is 0 Å². The molecule has 19 heavy (non-hydrogen) atoms. The Hall–Kier alpha value is -1.39. The first kappa shape index (κ1) is 14.0. The van der Waals surface area contributed by atoms with E-state index < -0.39 is 0 Å². The molecule has 2 aliphatic rings. The molecule has 0 aromatic heterocycles. The van der Waals surface area contributed by atoms with Crippen LogP contribution in [0.3, 0.4) is 0 Å². The number of hydrogen-bond acceptors (Lipinski definition) is 3.